The average Bonchev–Trinajstić information content (AvgIpc) is 3.00. The van der Waals surface area contributed by atoms with Gasteiger partial charge < -0.3 is 14.8 Å². The largest absolute Gasteiger partial charge is 0.497 e. The third kappa shape index (κ3) is 5.19. The van der Waals surface area contributed by atoms with Gasteiger partial charge in [-0.1, -0.05) is 13.3 Å². The predicted molar refractivity (Wildman–Crippen MR) is 101 cm³/mol. The standard InChI is InChI=1S/C19H26N2O3S/c1-5-6-7-17-21-13(2)18(25-17)19(22)20-11-10-14-12-15(23-3)8-9-16(14)24-4/h8-9,12H,5-7,10-11H2,1-4H3,(H,20,22). The molecule has 6 heteroatoms. The van der Waals surface area contributed by atoms with E-state index in [1.807, 2.05) is 25.1 Å². The molecular weight excluding hydrogens is 336 g/mol. The molecule has 0 saturated heterocycles. The summed E-state index contributed by atoms with van der Waals surface area (Å²) < 4.78 is 10.6. The Hall–Kier alpha value is -2.08. The van der Waals surface area contributed by atoms with Gasteiger partial charge in [-0.25, -0.2) is 4.98 Å². The SMILES string of the molecule is CCCCc1nc(C)c(C(=O)NCCc2cc(OC)ccc2OC)s1. The van der Waals surface area contributed by atoms with Crippen molar-refractivity contribution in [2.24, 2.45) is 0 Å². The molecule has 0 saturated carbocycles. The van der Waals surface area contributed by atoms with Gasteiger partial charge in [-0.2, -0.15) is 0 Å². The molecule has 1 N–H and O–H groups in total. The van der Waals surface area contributed by atoms with Gasteiger partial charge in [-0.3, -0.25) is 4.79 Å². The van der Waals surface area contributed by atoms with Crippen LogP contribution in [0.5, 0.6) is 11.5 Å². The Labute approximate surface area is 153 Å². The first-order valence-corrected chi connectivity index (χ1v) is 9.36. The maximum Gasteiger partial charge on any atom is 0.263 e. The number of benzene rings is 1. The topological polar surface area (TPSA) is 60.5 Å². The Morgan fingerprint density at radius 1 is 1.24 bits per heavy atom. The van der Waals surface area contributed by atoms with Crippen LogP contribution >= 0.6 is 11.3 Å². The van der Waals surface area contributed by atoms with Gasteiger partial charge in [0, 0.05) is 6.54 Å². The minimum Gasteiger partial charge on any atom is -0.497 e. The Bertz CT molecular complexity index is 713. The van der Waals surface area contributed by atoms with Crippen LogP contribution in [0.4, 0.5) is 0 Å². The van der Waals surface area contributed by atoms with Crippen LogP contribution in [0.25, 0.3) is 0 Å². The lowest BCUT2D eigenvalue weighted by atomic mass is 10.1. The van der Waals surface area contributed by atoms with E-state index in [0.29, 0.717) is 17.8 Å². The maximum atomic E-state index is 12.4. The molecule has 0 fully saturated rings. The lowest BCUT2D eigenvalue weighted by Gasteiger charge is -2.11. The normalized spacial score (nSPS) is 10.6. The zero-order valence-corrected chi connectivity index (χ0v) is 16.2. The van der Waals surface area contributed by atoms with E-state index in [-0.39, 0.29) is 5.91 Å². The van der Waals surface area contributed by atoms with Crippen LogP contribution in [0.1, 0.15) is 45.7 Å². The van der Waals surface area contributed by atoms with E-state index in [2.05, 4.69) is 17.2 Å². The highest BCUT2D eigenvalue weighted by molar-refractivity contribution is 7.13. The molecule has 2 rings (SSSR count). The molecule has 0 aliphatic rings. The van der Waals surface area contributed by atoms with E-state index in [4.69, 9.17) is 9.47 Å². The number of aromatic nitrogens is 1. The van der Waals surface area contributed by atoms with Gasteiger partial charge in [0.05, 0.1) is 24.9 Å². The summed E-state index contributed by atoms with van der Waals surface area (Å²) >= 11 is 1.50. The zero-order valence-electron chi connectivity index (χ0n) is 15.3. The van der Waals surface area contributed by atoms with Crippen molar-refractivity contribution in [2.75, 3.05) is 20.8 Å². The third-order valence-corrected chi connectivity index (χ3v) is 5.17. The molecule has 1 amide bonds. The van der Waals surface area contributed by atoms with Crippen molar-refractivity contribution in [3.05, 3.63) is 39.3 Å². The van der Waals surface area contributed by atoms with Crippen LogP contribution < -0.4 is 14.8 Å². The van der Waals surface area contributed by atoms with Gasteiger partial charge in [-0.05, 0) is 49.9 Å². The summed E-state index contributed by atoms with van der Waals surface area (Å²) in [7, 11) is 3.28. The summed E-state index contributed by atoms with van der Waals surface area (Å²) in [6.07, 6.45) is 3.84. The van der Waals surface area contributed by atoms with Crippen LogP contribution in [0.3, 0.4) is 0 Å². The summed E-state index contributed by atoms with van der Waals surface area (Å²) in [5, 5.41) is 4.02. The van der Waals surface area contributed by atoms with E-state index >= 15 is 0 Å². The van der Waals surface area contributed by atoms with E-state index in [1.165, 1.54) is 11.3 Å². The molecule has 0 radical (unpaired) electrons. The summed E-state index contributed by atoms with van der Waals surface area (Å²) in [5.74, 6) is 1.52. The summed E-state index contributed by atoms with van der Waals surface area (Å²) in [6.45, 7) is 4.58. The summed E-state index contributed by atoms with van der Waals surface area (Å²) in [4.78, 5) is 17.6. The molecule has 0 bridgehead atoms. The van der Waals surface area contributed by atoms with Crippen molar-refractivity contribution in [1.82, 2.24) is 10.3 Å². The minimum absolute atomic E-state index is 0.0559. The summed E-state index contributed by atoms with van der Waals surface area (Å²) in [6, 6.07) is 5.68. The lowest BCUT2D eigenvalue weighted by Crippen LogP contribution is -2.25. The molecule has 0 atom stereocenters. The van der Waals surface area contributed by atoms with Gasteiger partial charge in [0.15, 0.2) is 0 Å². The molecule has 136 valence electrons. The number of nitrogens with zero attached hydrogens (tertiary/aromatic N) is 1. The fourth-order valence-corrected chi connectivity index (χ4v) is 3.59. The maximum absolute atomic E-state index is 12.4. The number of methoxy groups -OCH3 is 2. The first-order valence-electron chi connectivity index (χ1n) is 8.54. The van der Waals surface area contributed by atoms with Crippen molar-refractivity contribution in [3.8, 4) is 11.5 Å². The highest BCUT2D eigenvalue weighted by Gasteiger charge is 2.15. The quantitative estimate of drug-likeness (QED) is 0.737. The monoisotopic (exact) mass is 362 g/mol. The Balaban J connectivity index is 1.95. The number of hydrogen-bond acceptors (Lipinski definition) is 5. The molecular formula is C19H26N2O3S. The van der Waals surface area contributed by atoms with Gasteiger partial charge in [-0.15, -0.1) is 11.3 Å². The molecule has 1 aromatic carbocycles. The van der Waals surface area contributed by atoms with Crippen molar-refractivity contribution >= 4 is 17.2 Å². The summed E-state index contributed by atoms with van der Waals surface area (Å²) in [5.41, 5.74) is 1.82. The molecule has 0 aliphatic carbocycles. The van der Waals surface area contributed by atoms with Crippen LogP contribution in [-0.2, 0) is 12.8 Å². The van der Waals surface area contributed by atoms with Gasteiger partial charge in [0.1, 0.15) is 16.4 Å². The molecule has 2 aromatic rings. The molecule has 0 spiro atoms. The van der Waals surface area contributed by atoms with E-state index in [9.17, 15) is 4.79 Å². The number of thiazole rings is 1. The van der Waals surface area contributed by atoms with Gasteiger partial charge >= 0.3 is 0 Å². The average molecular weight is 362 g/mol. The number of carbonyl (C=O) groups excluding carboxylic acids is 1. The number of rotatable bonds is 9. The Morgan fingerprint density at radius 2 is 2.04 bits per heavy atom. The van der Waals surface area contributed by atoms with Crippen molar-refractivity contribution in [3.63, 3.8) is 0 Å². The second-order valence-corrected chi connectivity index (χ2v) is 6.89. The minimum atomic E-state index is -0.0559. The smallest absolute Gasteiger partial charge is 0.263 e. The highest BCUT2D eigenvalue weighted by Crippen LogP contribution is 2.24. The molecule has 0 unspecified atom stereocenters. The molecule has 1 aromatic heterocycles. The molecule has 5 nitrogen and oxygen atoms in total. The fourth-order valence-electron chi connectivity index (χ4n) is 2.57. The molecule has 25 heavy (non-hydrogen) atoms. The van der Waals surface area contributed by atoms with Gasteiger partial charge in [0.2, 0.25) is 0 Å². The van der Waals surface area contributed by atoms with Crippen molar-refractivity contribution < 1.29 is 14.3 Å². The third-order valence-electron chi connectivity index (χ3n) is 3.96. The van der Waals surface area contributed by atoms with Crippen LogP contribution in [0.2, 0.25) is 0 Å². The first kappa shape index (κ1) is 19.2. The van der Waals surface area contributed by atoms with Crippen molar-refractivity contribution in [1.29, 1.82) is 0 Å². The number of amides is 1. The van der Waals surface area contributed by atoms with E-state index < -0.39 is 0 Å². The Morgan fingerprint density at radius 3 is 2.72 bits per heavy atom. The second kappa shape index (κ2) is 9.42. The highest BCUT2D eigenvalue weighted by atomic mass is 32.1. The van der Waals surface area contributed by atoms with Gasteiger partial charge in [0.25, 0.3) is 5.91 Å². The lowest BCUT2D eigenvalue weighted by molar-refractivity contribution is 0.0957. The zero-order chi connectivity index (χ0) is 18.2. The van der Waals surface area contributed by atoms with Crippen LogP contribution in [0.15, 0.2) is 18.2 Å². The first-order chi connectivity index (χ1) is 12.1. The van der Waals surface area contributed by atoms with Crippen LogP contribution in [0, 0.1) is 6.92 Å². The number of hydrogen-bond donors (Lipinski definition) is 1. The number of aryl methyl sites for hydroxylation is 2. The van der Waals surface area contributed by atoms with E-state index in [1.54, 1.807) is 14.2 Å². The predicted octanol–water partition coefficient (Wildman–Crippen LogP) is 3.78. The number of nitrogens with one attached hydrogen (secondary N) is 1. The van der Waals surface area contributed by atoms with Crippen molar-refractivity contribution in [2.45, 2.75) is 39.5 Å². The number of ether oxygens (including phenoxy) is 2. The fraction of sp³-hybridized carbons (Fsp3) is 0.474. The second-order valence-electron chi connectivity index (χ2n) is 5.81. The van der Waals surface area contributed by atoms with Crippen LogP contribution in [-0.4, -0.2) is 31.7 Å². The molecule has 0 aliphatic heterocycles. The van der Waals surface area contributed by atoms with E-state index in [0.717, 1.165) is 47.0 Å². The molecule has 1 heterocycles. The number of carbonyl (C=O) groups is 1. The Kier molecular flexibility index (Phi) is 7.25. The number of unbranched alkanes of at least 4 members (excludes halogenated alkanes) is 1.